The SMILES string of the molecule is O=c1ccccn2ncnc12. The van der Waals surface area contributed by atoms with E-state index in [9.17, 15) is 4.79 Å². The van der Waals surface area contributed by atoms with E-state index in [2.05, 4.69) is 10.1 Å². The molecule has 0 aromatic carbocycles. The van der Waals surface area contributed by atoms with E-state index in [1.807, 2.05) is 0 Å². The van der Waals surface area contributed by atoms with Crippen molar-refractivity contribution in [1.29, 1.82) is 0 Å². The second-order valence-electron chi connectivity index (χ2n) is 2.09. The molecule has 0 spiro atoms. The Morgan fingerprint density at radius 3 is 3.18 bits per heavy atom. The first-order valence-electron chi connectivity index (χ1n) is 3.16. The van der Waals surface area contributed by atoms with E-state index in [4.69, 9.17) is 0 Å². The van der Waals surface area contributed by atoms with Crippen LogP contribution in [0.4, 0.5) is 0 Å². The van der Waals surface area contributed by atoms with Crippen molar-refractivity contribution < 1.29 is 0 Å². The van der Waals surface area contributed by atoms with Crippen molar-refractivity contribution >= 4 is 5.65 Å². The van der Waals surface area contributed by atoms with Crippen LogP contribution in [0.15, 0.2) is 35.5 Å². The highest BCUT2D eigenvalue weighted by atomic mass is 16.1. The summed E-state index contributed by atoms with van der Waals surface area (Å²) in [6.45, 7) is 0. The molecular weight excluding hydrogens is 142 g/mol. The van der Waals surface area contributed by atoms with E-state index in [0.717, 1.165) is 0 Å². The smallest absolute Gasteiger partial charge is 0.223 e. The molecule has 0 saturated carbocycles. The molecule has 0 fully saturated rings. The first-order valence-corrected chi connectivity index (χ1v) is 3.16. The summed E-state index contributed by atoms with van der Waals surface area (Å²) in [5, 5.41) is 3.83. The molecule has 2 heterocycles. The van der Waals surface area contributed by atoms with Gasteiger partial charge in [0, 0.05) is 6.20 Å². The number of rotatable bonds is 0. The highest BCUT2D eigenvalue weighted by molar-refractivity contribution is 5.33. The molecule has 2 rings (SSSR count). The third kappa shape index (κ3) is 0.881. The Morgan fingerprint density at radius 2 is 2.27 bits per heavy atom. The van der Waals surface area contributed by atoms with Crippen LogP contribution in [0.5, 0.6) is 0 Å². The van der Waals surface area contributed by atoms with Crippen molar-refractivity contribution in [3.8, 4) is 0 Å². The zero-order chi connectivity index (χ0) is 7.68. The fraction of sp³-hybridized carbons (Fsp3) is 0. The fourth-order valence-corrected chi connectivity index (χ4v) is 0.884. The molecule has 0 bridgehead atoms. The molecule has 0 radical (unpaired) electrons. The molecule has 0 aliphatic carbocycles. The van der Waals surface area contributed by atoms with Gasteiger partial charge >= 0.3 is 0 Å². The van der Waals surface area contributed by atoms with Crippen LogP contribution >= 0.6 is 0 Å². The van der Waals surface area contributed by atoms with Crippen molar-refractivity contribution in [3.63, 3.8) is 0 Å². The van der Waals surface area contributed by atoms with Crippen LogP contribution in [0.25, 0.3) is 5.65 Å². The molecule has 54 valence electrons. The predicted molar refractivity (Wildman–Crippen MR) is 39.3 cm³/mol. The van der Waals surface area contributed by atoms with E-state index in [1.165, 1.54) is 16.9 Å². The second kappa shape index (κ2) is 2.16. The summed E-state index contributed by atoms with van der Waals surface area (Å²) < 4.78 is 1.45. The van der Waals surface area contributed by atoms with Crippen molar-refractivity contribution in [2.75, 3.05) is 0 Å². The molecule has 4 heteroatoms. The normalized spacial score (nSPS) is 10.2. The Bertz CT molecular complexity index is 435. The van der Waals surface area contributed by atoms with Crippen LogP contribution in [0.2, 0.25) is 0 Å². The number of fused-ring (bicyclic) bond motifs is 1. The molecule has 0 aliphatic rings. The fourth-order valence-electron chi connectivity index (χ4n) is 0.884. The Hall–Kier alpha value is -1.71. The van der Waals surface area contributed by atoms with Gasteiger partial charge in [-0.3, -0.25) is 4.79 Å². The maximum absolute atomic E-state index is 11.1. The maximum Gasteiger partial charge on any atom is 0.223 e. The van der Waals surface area contributed by atoms with Crippen LogP contribution in [0.1, 0.15) is 0 Å². The maximum atomic E-state index is 11.1. The van der Waals surface area contributed by atoms with Crippen LogP contribution in [-0.4, -0.2) is 14.6 Å². The van der Waals surface area contributed by atoms with Gasteiger partial charge in [-0.05, 0) is 12.1 Å². The lowest BCUT2D eigenvalue weighted by molar-refractivity contribution is 0.964. The van der Waals surface area contributed by atoms with Gasteiger partial charge in [0.15, 0.2) is 0 Å². The number of hydrogen-bond acceptors (Lipinski definition) is 3. The molecule has 4 nitrogen and oxygen atoms in total. The van der Waals surface area contributed by atoms with Crippen LogP contribution in [-0.2, 0) is 0 Å². The molecule has 0 aliphatic heterocycles. The highest BCUT2D eigenvalue weighted by Gasteiger charge is 1.94. The van der Waals surface area contributed by atoms with Crippen molar-refractivity contribution in [1.82, 2.24) is 14.6 Å². The van der Waals surface area contributed by atoms with E-state index < -0.39 is 0 Å². The third-order valence-corrected chi connectivity index (χ3v) is 1.38. The van der Waals surface area contributed by atoms with Gasteiger partial charge in [-0.2, -0.15) is 5.10 Å². The van der Waals surface area contributed by atoms with Crippen LogP contribution in [0, 0.1) is 0 Å². The Balaban J connectivity index is 3.09. The van der Waals surface area contributed by atoms with Crippen molar-refractivity contribution in [2.24, 2.45) is 0 Å². The zero-order valence-electron chi connectivity index (χ0n) is 5.64. The molecule has 0 unspecified atom stereocenters. The monoisotopic (exact) mass is 147 g/mol. The average molecular weight is 147 g/mol. The van der Waals surface area contributed by atoms with Gasteiger partial charge in [0.2, 0.25) is 11.1 Å². The van der Waals surface area contributed by atoms with Crippen LogP contribution in [0.3, 0.4) is 0 Å². The lowest BCUT2D eigenvalue weighted by Gasteiger charge is -1.77. The lowest BCUT2D eigenvalue weighted by atomic mass is 10.5. The summed E-state index contributed by atoms with van der Waals surface area (Å²) in [5.41, 5.74) is 0.238. The second-order valence-corrected chi connectivity index (χ2v) is 2.09. The van der Waals surface area contributed by atoms with Gasteiger partial charge in [-0.25, -0.2) is 9.50 Å². The Labute approximate surface area is 62.1 Å². The molecule has 0 amide bonds. The summed E-state index contributed by atoms with van der Waals surface area (Å²) in [6.07, 6.45) is 3.04. The van der Waals surface area contributed by atoms with Gasteiger partial charge in [-0.15, -0.1) is 0 Å². The van der Waals surface area contributed by atoms with E-state index in [0.29, 0.717) is 5.65 Å². The van der Waals surface area contributed by atoms with Crippen molar-refractivity contribution in [2.45, 2.75) is 0 Å². The largest absolute Gasteiger partial charge is 0.286 e. The summed E-state index contributed by atoms with van der Waals surface area (Å²) >= 11 is 0. The van der Waals surface area contributed by atoms with Gasteiger partial charge in [0.1, 0.15) is 6.33 Å². The minimum absolute atomic E-state index is 0.118. The molecule has 2 aromatic rings. The average Bonchev–Trinajstić information content (AvgIpc) is 2.40. The van der Waals surface area contributed by atoms with Gasteiger partial charge in [0.05, 0.1) is 0 Å². The predicted octanol–water partition coefficient (Wildman–Crippen LogP) is 0.0895. The standard InChI is InChI=1S/C7H5N3O/c11-6-3-1-2-4-10-7(6)8-5-9-10/h1-5H. The molecule has 0 atom stereocenters. The lowest BCUT2D eigenvalue weighted by Crippen LogP contribution is -1.98. The summed E-state index contributed by atoms with van der Waals surface area (Å²) in [7, 11) is 0. The molecular formula is C7H5N3O. The van der Waals surface area contributed by atoms with E-state index >= 15 is 0 Å². The summed E-state index contributed by atoms with van der Waals surface area (Å²) in [4.78, 5) is 14.9. The van der Waals surface area contributed by atoms with Crippen LogP contribution < -0.4 is 5.43 Å². The third-order valence-electron chi connectivity index (χ3n) is 1.38. The zero-order valence-corrected chi connectivity index (χ0v) is 5.64. The van der Waals surface area contributed by atoms with Crippen molar-refractivity contribution in [3.05, 3.63) is 40.9 Å². The molecule has 11 heavy (non-hydrogen) atoms. The molecule has 2 aromatic heterocycles. The van der Waals surface area contributed by atoms with Gasteiger partial charge < -0.3 is 0 Å². The Morgan fingerprint density at radius 1 is 1.36 bits per heavy atom. The number of nitrogens with zero attached hydrogens (tertiary/aromatic N) is 3. The molecule has 0 saturated heterocycles. The topological polar surface area (TPSA) is 47.3 Å². The molecule has 0 N–H and O–H groups in total. The Kier molecular flexibility index (Phi) is 1.18. The summed E-state index contributed by atoms with van der Waals surface area (Å²) in [5.74, 6) is 0. The van der Waals surface area contributed by atoms with E-state index in [1.54, 1.807) is 18.3 Å². The van der Waals surface area contributed by atoms with Gasteiger partial charge in [-0.1, -0.05) is 6.07 Å². The minimum Gasteiger partial charge on any atom is -0.286 e. The highest BCUT2D eigenvalue weighted by Crippen LogP contribution is 1.86. The van der Waals surface area contributed by atoms with E-state index in [-0.39, 0.29) is 5.43 Å². The quantitative estimate of drug-likeness (QED) is 0.530. The minimum atomic E-state index is -0.118. The summed E-state index contributed by atoms with van der Waals surface area (Å²) in [6, 6.07) is 4.87. The first kappa shape index (κ1) is 6.03. The first-order chi connectivity index (χ1) is 5.38. The number of hydrogen-bond donors (Lipinski definition) is 0. The van der Waals surface area contributed by atoms with Gasteiger partial charge in [0.25, 0.3) is 0 Å². The number of aromatic nitrogens is 3.